The summed E-state index contributed by atoms with van der Waals surface area (Å²) in [7, 11) is -3.06. The van der Waals surface area contributed by atoms with Gasteiger partial charge in [-0.3, -0.25) is 14.7 Å². The highest BCUT2D eigenvalue weighted by molar-refractivity contribution is 7.90. The van der Waals surface area contributed by atoms with Gasteiger partial charge in [-0.2, -0.15) is 0 Å². The summed E-state index contributed by atoms with van der Waals surface area (Å²) in [5.74, 6) is 0.126. The second-order valence-electron chi connectivity index (χ2n) is 8.29. The van der Waals surface area contributed by atoms with Crippen LogP contribution in [0, 0.1) is 5.92 Å². The van der Waals surface area contributed by atoms with E-state index in [1.807, 2.05) is 12.1 Å². The summed E-state index contributed by atoms with van der Waals surface area (Å²) >= 11 is 0. The third kappa shape index (κ3) is 4.55. The number of carbonyl (C=O) groups is 1. The lowest BCUT2D eigenvalue weighted by atomic mass is 9.93. The second-order valence-corrected chi connectivity index (χ2v) is 10.5. The number of carbonyl (C=O) groups excluding carboxylic acids is 1. The van der Waals surface area contributed by atoms with Crippen LogP contribution in [-0.4, -0.2) is 66.0 Å². The molecule has 28 heavy (non-hydrogen) atoms. The molecule has 1 N–H and O–H groups in total. The molecular formula is C20H30N4O3S. The average molecular weight is 407 g/mol. The Morgan fingerprint density at radius 2 is 1.93 bits per heavy atom. The Morgan fingerprint density at radius 1 is 1.14 bits per heavy atom. The van der Waals surface area contributed by atoms with Gasteiger partial charge in [-0.25, -0.2) is 12.7 Å². The number of amides is 1. The number of nitrogens with one attached hydrogen (secondary N) is 1. The Hall–Kier alpha value is -1.51. The van der Waals surface area contributed by atoms with Crippen molar-refractivity contribution in [3.63, 3.8) is 0 Å². The van der Waals surface area contributed by atoms with E-state index in [0.717, 1.165) is 57.2 Å². The predicted molar refractivity (Wildman–Crippen MR) is 107 cm³/mol. The quantitative estimate of drug-likeness (QED) is 0.771. The van der Waals surface area contributed by atoms with E-state index in [1.54, 1.807) is 16.7 Å². The Kier molecular flexibility index (Phi) is 5.99. The molecule has 3 heterocycles. The van der Waals surface area contributed by atoms with Crippen molar-refractivity contribution in [3.8, 4) is 0 Å². The van der Waals surface area contributed by atoms with E-state index in [2.05, 4.69) is 15.2 Å². The molecule has 0 aromatic carbocycles. The van der Waals surface area contributed by atoms with Gasteiger partial charge in [0, 0.05) is 44.6 Å². The number of likely N-dealkylation sites (tertiary alicyclic amines) is 1. The van der Waals surface area contributed by atoms with E-state index in [9.17, 15) is 13.2 Å². The van der Waals surface area contributed by atoms with Crippen LogP contribution in [0.25, 0.3) is 0 Å². The van der Waals surface area contributed by atoms with Crippen LogP contribution in [0.2, 0.25) is 0 Å². The third-order valence-corrected chi connectivity index (χ3v) is 8.66. The summed E-state index contributed by atoms with van der Waals surface area (Å²) in [4.78, 5) is 19.1. The summed E-state index contributed by atoms with van der Waals surface area (Å²) < 4.78 is 26.5. The van der Waals surface area contributed by atoms with Crippen molar-refractivity contribution in [2.24, 2.45) is 5.92 Å². The lowest BCUT2D eigenvalue weighted by Gasteiger charge is -2.41. The van der Waals surface area contributed by atoms with Crippen molar-refractivity contribution < 1.29 is 13.2 Å². The molecule has 1 aromatic heterocycles. The number of hydrogen-bond acceptors (Lipinski definition) is 5. The average Bonchev–Trinajstić information content (AvgIpc) is 3.59. The Morgan fingerprint density at radius 3 is 2.61 bits per heavy atom. The van der Waals surface area contributed by atoms with E-state index in [-0.39, 0.29) is 17.1 Å². The number of nitrogens with zero attached hydrogens (tertiary/aromatic N) is 3. The first-order valence-corrected chi connectivity index (χ1v) is 11.9. The van der Waals surface area contributed by atoms with E-state index in [0.29, 0.717) is 25.7 Å². The fourth-order valence-corrected chi connectivity index (χ4v) is 6.30. The van der Waals surface area contributed by atoms with Gasteiger partial charge in [0.15, 0.2) is 0 Å². The maximum atomic E-state index is 12.6. The first-order chi connectivity index (χ1) is 13.5. The summed E-state index contributed by atoms with van der Waals surface area (Å²) in [6.07, 6.45) is 8.83. The number of piperidine rings is 2. The molecule has 1 aliphatic carbocycles. The molecule has 0 spiro atoms. The van der Waals surface area contributed by atoms with Crippen molar-refractivity contribution in [3.05, 3.63) is 30.1 Å². The highest BCUT2D eigenvalue weighted by atomic mass is 32.2. The molecule has 1 saturated carbocycles. The van der Waals surface area contributed by atoms with Crippen LogP contribution in [0.3, 0.4) is 0 Å². The van der Waals surface area contributed by atoms with Gasteiger partial charge in [-0.05, 0) is 56.7 Å². The minimum atomic E-state index is -3.06. The van der Waals surface area contributed by atoms with Crippen molar-refractivity contribution in [2.45, 2.75) is 56.4 Å². The molecular weight excluding hydrogens is 376 g/mol. The van der Waals surface area contributed by atoms with Crippen LogP contribution in [-0.2, 0) is 21.4 Å². The van der Waals surface area contributed by atoms with Crippen LogP contribution in [0.4, 0.5) is 0 Å². The van der Waals surface area contributed by atoms with E-state index in [1.165, 1.54) is 0 Å². The van der Waals surface area contributed by atoms with Crippen molar-refractivity contribution >= 4 is 15.9 Å². The van der Waals surface area contributed by atoms with Crippen molar-refractivity contribution in [1.82, 2.24) is 19.5 Å². The zero-order valence-corrected chi connectivity index (χ0v) is 17.1. The standard InChI is InChI=1S/C20H30N4O3S/c25-20(22-14-16-3-1-9-21-13-16)17-4-2-10-23(15-17)18-7-11-24(12-8-18)28(26,27)19-5-6-19/h1,3,9,13,17-19H,2,4-8,10-12,14-15H2,(H,22,25). The molecule has 2 saturated heterocycles. The maximum Gasteiger partial charge on any atom is 0.224 e. The lowest BCUT2D eigenvalue weighted by molar-refractivity contribution is -0.127. The minimum Gasteiger partial charge on any atom is -0.352 e. The summed E-state index contributed by atoms with van der Waals surface area (Å²) in [6.45, 7) is 3.54. The van der Waals surface area contributed by atoms with Gasteiger partial charge >= 0.3 is 0 Å². The lowest BCUT2D eigenvalue weighted by Crippen LogP contribution is -2.51. The Labute approximate surface area is 167 Å². The van der Waals surface area contributed by atoms with Gasteiger partial charge in [-0.1, -0.05) is 6.07 Å². The van der Waals surface area contributed by atoms with Gasteiger partial charge in [0.2, 0.25) is 15.9 Å². The molecule has 154 valence electrons. The Balaban J connectivity index is 1.26. The normalized spacial score (nSPS) is 25.5. The molecule has 1 aromatic rings. The molecule has 4 rings (SSSR count). The van der Waals surface area contributed by atoms with Gasteiger partial charge in [-0.15, -0.1) is 0 Å². The molecule has 1 atom stereocenters. The van der Waals surface area contributed by atoms with Crippen LogP contribution in [0.15, 0.2) is 24.5 Å². The molecule has 8 heteroatoms. The molecule has 7 nitrogen and oxygen atoms in total. The van der Waals surface area contributed by atoms with Crippen LogP contribution < -0.4 is 5.32 Å². The molecule has 0 radical (unpaired) electrons. The number of rotatable bonds is 6. The number of sulfonamides is 1. The fourth-order valence-electron chi connectivity index (χ4n) is 4.43. The molecule has 2 aliphatic heterocycles. The summed E-state index contributed by atoms with van der Waals surface area (Å²) in [6, 6.07) is 4.23. The zero-order chi connectivity index (χ0) is 19.6. The summed E-state index contributed by atoms with van der Waals surface area (Å²) in [5, 5.41) is 2.93. The molecule has 1 amide bonds. The largest absolute Gasteiger partial charge is 0.352 e. The van der Waals surface area contributed by atoms with Gasteiger partial charge in [0.1, 0.15) is 0 Å². The van der Waals surface area contributed by atoms with E-state index in [4.69, 9.17) is 0 Å². The number of hydrogen-bond donors (Lipinski definition) is 1. The number of aromatic nitrogens is 1. The predicted octanol–water partition coefficient (Wildman–Crippen LogP) is 1.37. The third-order valence-electron chi connectivity index (χ3n) is 6.26. The highest BCUT2D eigenvalue weighted by Gasteiger charge is 2.42. The van der Waals surface area contributed by atoms with Crippen molar-refractivity contribution in [2.75, 3.05) is 26.2 Å². The topological polar surface area (TPSA) is 82.6 Å². The smallest absolute Gasteiger partial charge is 0.224 e. The number of pyridine rings is 1. The molecule has 3 aliphatic rings. The minimum absolute atomic E-state index is 0.0126. The van der Waals surface area contributed by atoms with Gasteiger partial charge in [0.25, 0.3) is 0 Å². The van der Waals surface area contributed by atoms with Crippen molar-refractivity contribution in [1.29, 1.82) is 0 Å². The first-order valence-electron chi connectivity index (χ1n) is 10.4. The van der Waals surface area contributed by atoms with Crippen LogP contribution in [0.1, 0.15) is 44.1 Å². The van der Waals surface area contributed by atoms with Gasteiger partial charge in [0.05, 0.1) is 11.2 Å². The highest BCUT2D eigenvalue weighted by Crippen LogP contribution is 2.33. The summed E-state index contributed by atoms with van der Waals surface area (Å²) in [5.41, 5.74) is 1.01. The van der Waals surface area contributed by atoms with Crippen LogP contribution >= 0.6 is 0 Å². The zero-order valence-electron chi connectivity index (χ0n) is 16.3. The first kappa shape index (κ1) is 19.8. The van der Waals surface area contributed by atoms with E-state index >= 15 is 0 Å². The van der Waals surface area contributed by atoms with E-state index < -0.39 is 10.0 Å². The Bertz CT molecular complexity index is 774. The molecule has 1 unspecified atom stereocenters. The second kappa shape index (κ2) is 8.47. The monoisotopic (exact) mass is 406 g/mol. The molecule has 0 bridgehead atoms. The van der Waals surface area contributed by atoms with Crippen LogP contribution in [0.5, 0.6) is 0 Å². The SMILES string of the molecule is O=C(NCc1cccnc1)C1CCCN(C2CCN(S(=O)(=O)C3CC3)CC2)C1. The van der Waals surface area contributed by atoms with Gasteiger partial charge < -0.3 is 5.32 Å². The maximum absolute atomic E-state index is 12.6. The fraction of sp³-hybridized carbons (Fsp3) is 0.700. The molecule has 3 fully saturated rings.